The highest BCUT2D eigenvalue weighted by molar-refractivity contribution is 7.78. The molecule has 1 saturated carbocycles. The predicted molar refractivity (Wildman–Crippen MR) is 109 cm³/mol. The van der Waals surface area contributed by atoms with Crippen LogP contribution in [0.5, 0.6) is 0 Å². The lowest BCUT2D eigenvalue weighted by atomic mass is 10.0. The van der Waals surface area contributed by atoms with Crippen molar-refractivity contribution in [3.63, 3.8) is 0 Å². The summed E-state index contributed by atoms with van der Waals surface area (Å²) in [5, 5.41) is 12.1. The van der Waals surface area contributed by atoms with Gasteiger partial charge in [0, 0.05) is 24.2 Å². The summed E-state index contributed by atoms with van der Waals surface area (Å²) in [5.74, 6) is 0.465. The zero-order valence-corrected chi connectivity index (χ0v) is 16.1. The highest BCUT2D eigenvalue weighted by Gasteiger charge is 2.29. The van der Waals surface area contributed by atoms with E-state index in [1.807, 2.05) is 49.5 Å². The number of benzene rings is 2. The van der Waals surface area contributed by atoms with Crippen molar-refractivity contribution in [3.05, 3.63) is 48.0 Å². The lowest BCUT2D eigenvalue weighted by Gasteiger charge is -2.22. The van der Waals surface area contributed by atoms with E-state index in [-0.39, 0.29) is 5.75 Å². The van der Waals surface area contributed by atoms with Gasteiger partial charge in [0.05, 0.1) is 11.2 Å². The van der Waals surface area contributed by atoms with E-state index in [0.717, 1.165) is 46.1 Å². The minimum atomic E-state index is -2.10. The number of nitrogens with one attached hydrogen (secondary N) is 1. The molecule has 4 rings (SSSR count). The van der Waals surface area contributed by atoms with Crippen molar-refractivity contribution < 1.29 is 13.6 Å². The number of hydrogen-bond acceptors (Lipinski definition) is 6. The Morgan fingerprint density at radius 3 is 2.54 bits per heavy atom. The van der Waals surface area contributed by atoms with E-state index >= 15 is 0 Å². The molecular weight excluding hydrogens is 376 g/mol. The first-order valence-corrected chi connectivity index (χ1v) is 10.2. The first kappa shape index (κ1) is 18.5. The second-order valence-corrected chi connectivity index (χ2v) is 7.77. The van der Waals surface area contributed by atoms with Crippen LogP contribution in [0.15, 0.2) is 42.5 Å². The van der Waals surface area contributed by atoms with E-state index in [1.54, 1.807) is 0 Å². The summed E-state index contributed by atoms with van der Waals surface area (Å²) in [6.45, 7) is 0. The van der Waals surface area contributed by atoms with Gasteiger partial charge in [0.2, 0.25) is 6.41 Å². The Hall–Kier alpha value is -2.84. The fourth-order valence-corrected chi connectivity index (χ4v) is 3.82. The maximum absolute atomic E-state index is 11.0. The molecule has 1 amide bonds. The molecule has 144 valence electrons. The van der Waals surface area contributed by atoms with Crippen molar-refractivity contribution in [3.8, 4) is 11.1 Å². The molecule has 2 aromatic carbocycles. The first-order chi connectivity index (χ1) is 13.6. The van der Waals surface area contributed by atoms with Gasteiger partial charge in [-0.1, -0.05) is 41.4 Å². The largest absolute Gasteiger partial charge is 0.772 e. The lowest BCUT2D eigenvalue weighted by Crippen LogP contribution is -2.22. The number of hydrogen-bond donors (Lipinski definition) is 1. The average molecular weight is 395 g/mol. The minimum absolute atomic E-state index is 0.00679. The first-order valence-electron chi connectivity index (χ1n) is 8.95. The second-order valence-electron chi connectivity index (χ2n) is 6.88. The number of aromatic nitrogens is 2. The molecular formula is C20H19N4O3S-. The van der Waals surface area contributed by atoms with Crippen molar-refractivity contribution in [1.82, 2.24) is 10.2 Å². The Bertz CT molecular complexity index is 1050. The second kappa shape index (κ2) is 7.65. The van der Waals surface area contributed by atoms with Crippen LogP contribution < -0.4 is 10.2 Å². The van der Waals surface area contributed by atoms with E-state index in [1.165, 1.54) is 0 Å². The number of carbonyl (C=O) groups is 1. The molecule has 1 fully saturated rings. The van der Waals surface area contributed by atoms with Crippen molar-refractivity contribution in [2.45, 2.75) is 24.6 Å². The third kappa shape index (κ3) is 3.74. The normalized spacial score (nSPS) is 14.6. The SMILES string of the molecule is CN(c1c(NC=O)nnc2cc(-c3ccc(CS(=O)[O-])cc3)ccc12)C1CC1. The van der Waals surface area contributed by atoms with Crippen LogP contribution in [0.25, 0.3) is 22.0 Å². The molecule has 1 unspecified atom stereocenters. The summed E-state index contributed by atoms with van der Waals surface area (Å²) in [5.41, 5.74) is 4.29. The molecule has 0 aliphatic heterocycles. The van der Waals surface area contributed by atoms with Gasteiger partial charge in [0.15, 0.2) is 5.82 Å². The summed E-state index contributed by atoms with van der Waals surface area (Å²) < 4.78 is 21.7. The molecule has 1 aliphatic carbocycles. The van der Waals surface area contributed by atoms with Crippen molar-refractivity contribution >= 4 is 39.9 Å². The topological polar surface area (TPSA) is 98.2 Å². The van der Waals surface area contributed by atoms with Crippen LogP contribution in [0.3, 0.4) is 0 Å². The van der Waals surface area contributed by atoms with E-state index in [4.69, 9.17) is 0 Å². The molecule has 8 heteroatoms. The van der Waals surface area contributed by atoms with Crippen LogP contribution >= 0.6 is 0 Å². The molecule has 1 atom stereocenters. The average Bonchev–Trinajstić information content (AvgIpc) is 3.53. The summed E-state index contributed by atoms with van der Waals surface area (Å²) >= 11 is -2.10. The van der Waals surface area contributed by atoms with Crippen LogP contribution in [0.2, 0.25) is 0 Å². The van der Waals surface area contributed by atoms with Crippen LogP contribution in [0.1, 0.15) is 18.4 Å². The zero-order valence-electron chi connectivity index (χ0n) is 15.3. The van der Waals surface area contributed by atoms with E-state index in [0.29, 0.717) is 18.3 Å². The molecule has 0 saturated heterocycles. The molecule has 0 bridgehead atoms. The van der Waals surface area contributed by atoms with Crippen LogP contribution in [-0.2, 0) is 21.6 Å². The number of amides is 1. The number of rotatable bonds is 7. The van der Waals surface area contributed by atoms with Crippen LogP contribution in [-0.4, -0.2) is 38.5 Å². The monoisotopic (exact) mass is 395 g/mol. The van der Waals surface area contributed by atoms with Crippen molar-refractivity contribution in [1.29, 1.82) is 0 Å². The molecule has 1 aromatic heterocycles. The van der Waals surface area contributed by atoms with Gasteiger partial charge in [0.1, 0.15) is 0 Å². The van der Waals surface area contributed by atoms with E-state index < -0.39 is 11.1 Å². The van der Waals surface area contributed by atoms with Gasteiger partial charge in [-0.15, -0.1) is 10.2 Å². The van der Waals surface area contributed by atoms with Gasteiger partial charge >= 0.3 is 0 Å². The number of nitrogens with zero attached hydrogens (tertiary/aromatic N) is 3. The minimum Gasteiger partial charge on any atom is -0.772 e. The molecule has 1 heterocycles. The van der Waals surface area contributed by atoms with Gasteiger partial charge in [-0.25, -0.2) is 0 Å². The lowest BCUT2D eigenvalue weighted by molar-refractivity contribution is -0.105. The molecule has 0 radical (unpaired) electrons. The standard InChI is InChI=1S/C20H20N4O3S/c1-24(16-7-8-16)19-17-9-6-15(10-18(17)22-23-20(19)21-12-25)14-4-2-13(3-5-14)11-28(26)27/h2-6,9-10,12,16H,7-8,11H2,1H3,(H,26,27)(H,21,23,25)/p-1. The number of fused-ring (bicyclic) bond motifs is 1. The predicted octanol–water partition coefficient (Wildman–Crippen LogP) is 2.84. The summed E-state index contributed by atoms with van der Waals surface area (Å²) in [6, 6.07) is 13.8. The third-order valence-electron chi connectivity index (χ3n) is 4.95. The quantitative estimate of drug-likeness (QED) is 0.488. The van der Waals surface area contributed by atoms with E-state index in [9.17, 15) is 13.6 Å². The molecule has 1 aliphatic rings. The molecule has 3 aromatic rings. The summed E-state index contributed by atoms with van der Waals surface area (Å²) in [7, 11) is 2.01. The summed E-state index contributed by atoms with van der Waals surface area (Å²) in [4.78, 5) is 13.1. The van der Waals surface area contributed by atoms with Crippen molar-refractivity contribution in [2.24, 2.45) is 0 Å². The van der Waals surface area contributed by atoms with Gasteiger partial charge in [0.25, 0.3) is 0 Å². The zero-order chi connectivity index (χ0) is 19.7. The van der Waals surface area contributed by atoms with Gasteiger partial charge < -0.3 is 14.8 Å². The smallest absolute Gasteiger partial charge is 0.212 e. The number of anilines is 2. The molecule has 7 nitrogen and oxygen atoms in total. The van der Waals surface area contributed by atoms with Gasteiger partial charge in [-0.2, -0.15) is 0 Å². The Morgan fingerprint density at radius 2 is 1.89 bits per heavy atom. The highest BCUT2D eigenvalue weighted by atomic mass is 32.2. The Balaban J connectivity index is 1.74. The molecule has 0 spiro atoms. The van der Waals surface area contributed by atoms with E-state index in [2.05, 4.69) is 20.4 Å². The molecule has 1 N–H and O–H groups in total. The third-order valence-corrected chi connectivity index (χ3v) is 5.52. The maximum Gasteiger partial charge on any atom is 0.212 e. The fourth-order valence-electron chi connectivity index (χ4n) is 3.36. The van der Waals surface area contributed by atoms with Gasteiger partial charge in [-0.05, 0) is 41.7 Å². The Labute approximate surface area is 165 Å². The van der Waals surface area contributed by atoms with Crippen LogP contribution in [0.4, 0.5) is 11.5 Å². The summed E-state index contributed by atoms with van der Waals surface area (Å²) in [6.07, 6.45) is 2.86. The van der Waals surface area contributed by atoms with Crippen molar-refractivity contribution in [2.75, 3.05) is 17.3 Å². The number of carbonyl (C=O) groups excluding carboxylic acids is 1. The fraction of sp³-hybridized carbons (Fsp3) is 0.250. The maximum atomic E-state index is 11.0. The Morgan fingerprint density at radius 1 is 1.18 bits per heavy atom. The Kier molecular flexibility index (Phi) is 5.06. The van der Waals surface area contributed by atoms with Crippen LogP contribution in [0, 0.1) is 0 Å². The molecule has 28 heavy (non-hydrogen) atoms. The van der Waals surface area contributed by atoms with Gasteiger partial charge in [-0.3, -0.25) is 9.00 Å². The highest BCUT2D eigenvalue weighted by Crippen LogP contribution is 2.38.